The molecule has 1 rings (SSSR count). The number of nitrogens with zero attached hydrogens (tertiary/aromatic N) is 2. The molecule has 1 aliphatic rings. The average Bonchev–Trinajstić information content (AvgIpc) is 2.36. The Balaban J connectivity index is 2.46. The minimum Gasteiger partial charge on any atom is -0.384 e. The third-order valence-electron chi connectivity index (χ3n) is 3.59. The first-order valence-corrected chi connectivity index (χ1v) is 6.74. The highest BCUT2D eigenvalue weighted by Crippen LogP contribution is 2.15. The third-order valence-corrected chi connectivity index (χ3v) is 3.59. The Labute approximate surface area is 110 Å². The Morgan fingerprint density at radius 1 is 1.33 bits per heavy atom. The molecule has 0 saturated carbocycles. The standard InChI is InChI=1S/C13H27N3O2/c1-11(10-18-3)8-12(9-14)13(17)16-6-4-15(2)5-7-16/h11-12H,4-10,14H2,1-3H3. The number of ether oxygens (including phenoxy) is 1. The van der Waals surface area contributed by atoms with Crippen LogP contribution < -0.4 is 5.73 Å². The molecule has 0 bridgehead atoms. The summed E-state index contributed by atoms with van der Waals surface area (Å²) in [6, 6.07) is 0. The van der Waals surface area contributed by atoms with Crippen molar-refractivity contribution in [3.05, 3.63) is 0 Å². The lowest BCUT2D eigenvalue weighted by atomic mass is 9.95. The zero-order chi connectivity index (χ0) is 13.5. The molecule has 1 aliphatic heterocycles. The molecule has 0 aromatic rings. The van der Waals surface area contributed by atoms with Crippen LogP contribution >= 0.6 is 0 Å². The summed E-state index contributed by atoms with van der Waals surface area (Å²) in [5, 5.41) is 0. The Bertz CT molecular complexity index is 253. The molecule has 5 nitrogen and oxygen atoms in total. The molecule has 106 valence electrons. The van der Waals surface area contributed by atoms with Gasteiger partial charge in [-0.2, -0.15) is 0 Å². The number of likely N-dealkylation sites (N-methyl/N-ethyl adjacent to an activating group) is 1. The summed E-state index contributed by atoms with van der Waals surface area (Å²) >= 11 is 0. The molecule has 1 saturated heterocycles. The van der Waals surface area contributed by atoms with Gasteiger partial charge in [-0.3, -0.25) is 4.79 Å². The van der Waals surface area contributed by atoms with Crippen molar-refractivity contribution >= 4 is 5.91 Å². The molecule has 1 fully saturated rings. The van der Waals surface area contributed by atoms with E-state index in [-0.39, 0.29) is 11.8 Å². The highest BCUT2D eigenvalue weighted by molar-refractivity contribution is 5.79. The number of piperazine rings is 1. The van der Waals surface area contributed by atoms with Crippen LogP contribution in [0.4, 0.5) is 0 Å². The Morgan fingerprint density at radius 3 is 2.44 bits per heavy atom. The van der Waals surface area contributed by atoms with E-state index in [1.165, 1.54) is 0 Å². The molecule has 1 heterocycles. The minimum atomic E-state index is -0.0569. The molecule has 0 radical (unpaired) electrons. The van der Waals surface area contributed by atoms with Gasteiger partial charge in [-0.25, -0.2) is 0 Å². The molecule has 2 atom stereocenters. The van der Waals surface area contributed by atoms with Gasteiger partial charge < -0.3 is 20.3 Å². The number of carbonyl (C=O) groups is 1. The average molecular weight is 257 g/mol. The summed E-state index contributed by atoms with van der Waals surface area (Å²) in [6.45, 7) is 6.78. The van der Waals surface area contributed by atoms with E-state index in [9.17, 15) is 4.79 Å². The fourth-order valence-corrected chi connectivity index (χ4v) is 2.42. The second-order valence-corrected chi connectivity index (χ2v) is 5.36. The zero-order valence-corrected chi connectivity index (χ0v) is 11.9. The lowest BCUT2D eigenvalue weighted by Gasteiger charge is -2.34. The number of hydrogen-bond donors (Lipinski definition) is 1. The molecular weight excluding hydrogens is 230 g/mol. The van der Waals surface area contributed by atoms with Crippen LogP contribution in [0.15, 0.2) is 0 Å². The lowest BCUT2D eigenvalue weighted by Crippen LogP contribution is -2.50. The maximum Gasteiger partial charge on any atom is 0.227 e. The second kappa shape index (κ2) is 7.71. The van der Waals surface area contributed by atoms with Crippen molar-refractivity contribution in [3.8, 4) is 0 Å². The van der Waals surface area contributed by atoms with Gasteiger partial charge in [0.15, 0.2) is 0 Å². The summed E-state index contributed by atoms with van der Waals surface area (Å²) in [5.74, 6) is 0.534. The highest BCUT2D eigenvalue weighted by atomic mass is 16.5. The van der Waals surface area contributed by atoms with E-state index >= 15 is 0 Å². The van der Waals surface area contributed by atoms with Gasteiger partial charge >= 0.3 is 0 Å². The quantitative estimate of drug-likeness (QED) is 0.728. The fourth-order valence-electron chi connectivity index (χ4n) is 2.42. The van der Waals surface area contributed by atoms with Crippen LogP contribution in [0.5, 0.6) is 0 Å². The number of carbonyl (C=O) groups excluding carboxylic acids is 1. The Kier molecular flexibility index (Phi) is 6.60. The van der Waals surface area contributed by atoms with E-state index in [2.05, 4.69) is 18.9 Å². The Hall–Kier alpha value is -0.650. The first kappa shape index (κ1) is 15.4. The van der Waals surface area contributed by atoms with Crippen LogP contribution in [-0.4, -0.2) is 69.2 Å². The molecule has 0 aliphatic carbocycles. The van der Waals surface area contributed by atoms with Gasteiger partial charge in [0.1, 0.15) is 0 Å². The zero-order valence-electron chi connectivity index (χ0n) is 11.9. The van der Waals surface area contributed by atoms with Crippen molar-refractivity contribution in [2.24, 2.45) is 17.6 Å². The summed E-state index contributed by atoms with van der Waals surface area (Å²) in [7, 11) is 3.78. The smallest absolute Gasteiger partial charge is 0.227 e. The van der Waals surface area contributed by atoms with Crippen molar-refractivity contribution in [1.29, 1.82) is 0 Å². The van der Waals surface area contributed by atoms with Gasteiger partial charge in [-0.1, -0.05) is 6.92 Å². The topological polar surface area (TPSA) is 58.8 Å². The monoisotopic (exact) mass is 257 g/mol. The molecule has 0 aromatic heterocycles. The maximum absolute atomic E-state index is 12.4. The summed E-state index contributed by atoms with van der Waals surface area (Å²) < 4.78 is 5.12. The van der Waals surface area contributed by atoms with Crippen molar-refractivity contribution in [3.63, 3.8) is 0 Å². The van der Waals surface area contributed by atoms with Gasteiger partial charge in [-0.15, -0.1) is 0 Å². The van der Waals surface area contributed by atoms with Crippen molar-refractivity contribution in [2.75, 3.05) is 53.5 Å². The normalized spacial score (nSPS) is 20.8. The molecule has 0 spiro atoms. The first-order chi connectivity index (χ1) is 8.58. The van der Waals surface area contributed by atoms with Crippen LogP contribution in [0.2, 0.25) is 0 Å². The molecule has 2 N–H and O–H groups in total. The number of hydrogen-bond acceptors (Lipinski definition) is 4. The number of nitrogens with two attached hydrogens (primary N) is 1. The van der Waals surface area contributed by atoms with E-state index in [0.717, 1.165) is 32.6 Å². The summed E-state index contributed by atoms with van der Waals surface area (Å²) in [4.78, 5) is 16.6. The predicted molar refractivity (Wildman–Crippen MR) is 72.3 cm³/mol. The van der Waals surface area contributed by atoms with Gasteiger partial charge in [0, 0.05) is 46.4 Å². The summed E-state index contributed by atoms with van der Waals surface area (Å²) in [6.07, 6.45) is 0.815. The minimum absolute atomic E-state index is 0.0569. The molecule has 0 aromatic carbocycles. The first-order valence-electron chi connectivity index (χ1n) is 6.74. The fraction of sp³-hybridized carbons (Fsp3) is 0.923. The number of amides is 1. The van der Waals surface area contributed by atoms with E-state index in [0.29, 0.717) is 19.1 Å². The molecular formula is C13H27N3O2. The maximum atomic E-state index is 12.4. The van der Waals surface area contributed by atoms with E-state index in [1.807, 2.05) is 4.90 Å². The van der Waals surface area contributed by atoms with Crippen LogP contribution in [-0.2, 0) is 9.53 Å². The SMILES string of the molecule is COCC(C)CC(CN)C(=O)N1CCN(C)CC1. The highest BCUT2D eigenvalue weighted by Gasteiger charge is 2.26. The van der Waals surface area contributed by atoms with E-state index < -0.39 is 0 Å². The number of methoxy groups -OCH3 is 1. The van der Waals surface area contributed by atoms with Gasteiger partial charge in [0.2, 0.25) is 5.91 Å². The second-order valence-electron chi connectivity index (χ2n) is 5.36. The van der Waals surface area contributed by atoms with Crippen LogP contribution in [0.3, 0.4) is 0 Å². The van der Waals surface area contributed by atoms with Crippen molar-refractivity contribution < 1.29 is 9.53 Å². The van der Waals surface area contributed by atoms with Gasteiger partial charge in [-0.05, 0) is 19.4 Å². The summed E-state index contributed by atoms with van der Waals surface area (Å²) in [5.41, 5.74) is 5.75. The molecule has 2 unspecified atom stereocenters. The lowest BCUT2D eigenvalue weighted by molar-refractivity contribution is -0.137. The number of rotatable bonds is 6. The Morgan fingerprint density at radius 2 is 1.94 bits per heavy atom. The van der Waals surface area contributed by atoms with Gasteiger partial charge in [0.05, 0.1) is 5.92 Å². The van der Waals surface area contributed by atoms with Crippen LogP contribution in [0, 0.1) is 11.8 Å². The third kappa shape index (κ3) is 4.55. The van der Waals surface area contributed by atoms with Crippen LogP contribution in [0.1, 0.15) is 13.3 Å². The van der Waals surface area contributed by atoms with Crippen molar-refractivity contribution in [1.82, 2.24) is 9.80 Å². The van der Waals surface area contributed by atoms with E-state index in [1.54, 1.807) is 7.11 Å². The predicted octanol–water partition coefficient (Wildman–Crippen LogP) is 0.00790. The van der Waals surface area contributed by atoms with Crippen molar-refractivity contribution in [2.45, 2.75) is 13.3 Å². The largest absolute Gasteiger partial charge is 0.384 e. The van der Waals surface area contributed by atoms with E-state index in [4.69, 9.17) is 10.5 Å². The van der Waals surface area contributed by atoms with Gasteiger partial charge in [0.25, 0.3) is 0 Å². The van der Waals surface area contributed by atoms with Crippen LogP contribution in [0.25, 0.3) is 0 Å². The molecule has 18 heavy (non-hydrogen) atoms. The molecule has 1 amide bonds. The molecule has 5 heteroatoms.